The lowest BCUT2D eigenvalue weighted by Crippen LogP contribution is -2.15. The largest absolute Gasteiger partial charge is 0.494 e. The molecule has 0 aliphatic heterocycles. The first kappa shape index (κ1) is 12.6. The van der Waals surface area contributed by atoms with Gasteiger partial charge in [0.2, 0.25) is 0 Å². The third kappa shape index (κ3) is 3.26. The topological polar surface area (TPSA) is 46.5 Å². The molecular formula is C13H18O3. The van der Waals surface area contributed by atoms with Crippen molar-refractivity contribution < 1.29 is 14.6 Å². The number of hydrogen-bond acceptors (Lipinski definition) is 2. The van der Waals surface area contributed by atoms with E-state index < -0.39 is 5.97 Å². The molecule has 3 nitrogen and oxygen atoms in total. The summed E-state index contributed by atoms with van der Waals surface area (Å²) < 4.78 is 5.47. The zero-order valence-corrected chi connectivity index (χ0v) is 9.77. The maximum Gasteiger partial charge on any atom is 0.306 e. The zero-order valence-electron chi connectivity index (χ0n) is 9.77. The summed E-state index contributed by atoms with van der Waals surface area (Å²) in [6.07, 6.45) is 1.16. The summed E-state index contributed by atoms with van der Waals surface area (Å²) in [6, 6.07) is 7.62. The number of carboxylic acid groups (broad SMARTS) is 1. The molecule has 0 unspecified atom stereocenters. The minimum Gasteiger partial charge on any atom is -0.494 e. The van der Waals surface area contributed by atoms with E-state index >= 15 is 0 Å². The van der Waals surface area contributed by atoms with Gasteiger partial charge in [-0.3, -0.25) is 4.79 Å². The first-order chi connectivity index (χ1) is 7.69. The monoisotopic (exact) mass is 222 g/mol. The Bertz CT molecular complexity index is 347. The smallest absolute Gasteiger partial charge is 0.306 e. The number of carboxylic acids is 1. The van der Waals surface area contributed by atoms with Gasteiger partial charge < -0.3 is 9.84 Å². The normalized spacial score (nSPS) is 12.1. The average molecular weight is 222 g/mol. The molecular weight excluding hydrogens is 204 g/mol. The van der Waals surface area contributed by atoms with Crippen LogP contribution in [-0.2, 0) is 11.2 Å². The van der Waals surface area contributed by atoms with Gasteiger partial charge in [0.15, 0.2) is 0 Å². The summed E-state index contributed by atoms with van der Waals surface area (Å²) >= 11 is 0. The summed E-state index contributed by atoms with van der Waals surface area (Å²) in [5.41, 5.74) is 0.971. The van der Waals surface area contributed by atoms with Crippen LogP contribution in [0.5, 0.6) is 5.75 Å². The molecule has 0 fully saturated rings. The molecule has 0 saturated heterocycles. The Hall–Kier alpha value is -1.51. The Balaban J connectivity index is 2.82. The number of carbonyl (C=O) groups is 1. The Kier molecular flexibility index (Phi) is 4.83. The minimum absolute atomic E-state index is 0.332. The first-order valence-electron chi connectivity index (χ1n) is 5.62. The molecule has 0 spiro atoms. The Labute approximate surface area is 96.1 Å². The second-order valence-electron chi connectivity index (χ2n) is 3.69. The van der Waals surface area contributed by atoms with E-state index in [1.165, 1.54) is 0 Å². The molecule has 1 rings (SSSR count). The van der Waals surface area contributed by atoms with Crippen LogP contribution in [0.15, 0.2) is 24.3 Å². The third-order valence-corrected chi connectivity index (χ3v) is 2.58. The summed E-state index contributed by atoms with van der Waals surface area (Å²) in [4.78, 5) is 11.0. The van der Waals surface area contributed by atoms with Crippen LogP contribution in [-0.4, -0.2) is 17.7 Å². The van der Waals surface area contributed by atoms with Crippen LogP contribution in [0.4, 0.5) is 0 Å². The molecule has 1 atom stereocenters. The molecule has 0 aliphatic carbocycles. The number of rotatable bonds is 6. The van der Waals surface area contributed by atoms with E-state index in [2.05, 4.69) is 0 Å². The van der Waals surface area contributed by atoms with Gasteiger partial charge in [0.1, 0.15) is 5.75 Å². The van der Waals surface area contributed by atoms with Crippen molar-refractivity contribution in [3.05, 3.63) is 29.8 Å². The van der Waals surface area contributed by atoms with E-state index in [4.69, 9.17) is 9.84 Å². The van der Waals surface area contributed by atoms with Gasteiger partial charge in [-0.25, -0.2) is 0 Å². The molecule has 1 N–H and O–H groups in total. The molecule has 0 heterocycles. The van der Waals surface area contributed by atoms with Gasteiger partial charge in [0.05, 0.1) is 12.5 Å². The fraction of sp³-hybridized carbons (Fsp3) is 0.462. The number of ether oxygens (including phenoxy) is 1. The highest BCUT2D eigenvalue weighted by Crippen LogP contribution is 2.22. The minimum atomic E-state index is -0.742. The summed E-state index contributed by atoms with van der Waals surface area (Å²) in [5, 5.41) is 9.01. The van der Waals surface area contributed by atoms with E-state index in [1.54, 1.807) is 0 Å². The fourth-order valence-corrected chi connectivity index (χ4v) is 1.64. The van der Waals surface area contributed by atoms with Crippen molar-refractivity contribution in [2.24, 2.45) is 5.92 Å². The van der Waals surface area contributed by atoms with Crippen LogP contribution in [0, 0.1) is 5.92 Å². The molecule has 16 heavy (non-hydrogen) atoms. The summed E-state index contributed by atoms with van der Waals surface area (Å²) in [6.45, 7) is 4.41. The van der Waals surface area contributed by atoms with Crippen LogP contribution in [0.25, 0.3) is 0 Å². The maximum absolute atomic E-state index is 11.0. The van der Waals surface area contributed by atoms with Crippen LogP contribution in [0.1, 0.15) is 25.8 Å². The van der Waals surface area contributed by atoms with Crippen LogP contribution in [0.3, 0.4) is 0 Å². The summed E-state index contributed by atoms with van der Waals surface area (Å²) in [7, 11) is 0. The predicted molar refractivity (Wildman–Crippen MR) is 62.7 cm³/mol. The van der Waals surface area contributed by atoms with Crippen molar-refractivity contribution in [1.82, 2.24) is 0 Å². The standard InChI is InChI=1S/C13H18O3/c1-3-10(13(14)15)9-11-7-5-6-8-12(11)16-4-2/h5-8,10H,3-4,9H2,1-2H3,(H,14,15)/t10-/m0/s1. The number of aliphatic carboxylic acids is 1. The predicted octanol–water partition coefficient (Wildman–Crippen LogP) is 2.74. The van der Waals surface area contributed by atoms with E-state index in [9.17, 15) is 4.79 Å². The Morgan fingerprint density at radius 3 is 2.62 bits per heavy atom. The molecule has 0 amide bonds. The highest BCUT2D eigenvalue weighted by atomic mass is 16.5. The van der Waals surface area contributed by atoms with E-state index in [0.29, 0.717) is 19.4 Å². The van der Waals surface area contributed by atoms with Crippen molar-refractivity contribution in [2.75, 3.05) is 6.61 Å². The third-order valence-electron chi connectivity index (χ3n) is 2.58. The van der Waals surface area contributed by atoms with E-state index in [1.807, 2.05) is 38.1 Å². The van der Waals surface area contributed by atoms with Crippen molar-refractivity contribution in [3.63, 3.8) is 0 Å². The van der Waals surface area contributed by atoms with Crippen molar-refractivity contribution in [2.45, 2.75) is 26.7 Å². The van der Waals surface area contributed by atoms with Gasteiger partial charge in [-0.2, -0.15) is 0 Å². The first-order valence-corrected chi connectivity index (χ1v) is 5.62. The molecule has 88 valence electrons. The molecule has 1 aromatic carbocycles. The van der Waals surface area contributed by atoms with E-state index in [0.717, 1.165) is 11.3 Å². The molecule has 3 heteroatoms. The van der Waals surface area contributed by atoms with Crippen LogP contribution in [0.2, 0.25) is 0 Å². The molecule has 1 aromatic rings. The second-order valence-corrected chi connectivity index (χ2v) is 3.69. The van der Waals surface area contributed by atoms with Gasteiger partial charge in [0.25, 0.3) is 0 Å². The Morgan fingerprint density at radius 1 is 1.38 bits per heavy atom. The van der Waals surface area contributed by atoms with Gasteiger partial charge >= 0.3 is 5.97 Å². The van der Waals surface area contributed by atoms with Gasteiger partial charge in [-0.1, -0.05) is 25.1 Å². The Morgan fingerprint density at radius 2 is 2.06 bits per heavy atom. The zero-order chi connectivity index (χ0) is 12.0. The quantitative estimate of drug-likeness (QED) is 0.805. The van der Waals surface area contributed by atoms with Gasteiger partial charge in [-0.05, 0) is 31.4 Å². The van der Waals surface area contributed by atoms with Crippen LogP contribution >= 0.6 is 0 Å². The van der Waals surface area contributed by atoms with Crippen molar-refractivity contribution >= 4 is 5.97 Å². The maximum atomic E-state index is 11.0. The molecule has 0 aromatic heterocycles. The number of para-hydroxylation sites is 1. The highest BCUT2D eigenvalue weighted by Gasteiger charge is 2.17. The molecule has 0 bridgehead atoms. The lowest BCUT2D eigenvalue weighted by Gasteiger charge is -2.13. The average Bonchev–Trinajstić information content (AvgIpc) is 2.27. The molecule has 0 radical (unpaired) electrons. The number of hydrogen-bond donors (Lipinski definition) is 1. The lowest BCUT2D eigenvalue weighted by atomic mass is 9.96. The summed E-state index contributed by atoms with van der Waals surface area (Å²) in [5.74, 6) is -0.278. The van der Waals surface area contributed by atoms with Gasteiger partial charge in [0, 0.05) is 0 Å². The SMILES string of the molecule is CCOc1ccccc1C[C@H](CC)C(=O)O. The lowest BCUT2D eigenvalue weighted by molar-refractivity contribution is -0.141. The van der Waals surface area contributed by atoms with Gasteiger partial charge in [-0.15, -0.1) is 0 Å². The highest BCUT2D eigenvalue weighted by molar-refractivity contribution is 5.70. The molecule has 0 aliphatic rings. The van der Waals surface area contributed by atoms with Crippen LogP contribution < -0.4 is 4.74 Å². The fourth-order valence-electron chi connectivity index (χ4n) is 1.64. The second kappa shape index (κ2) is 6.16. The molecule has 0 saturated carbocycles. The van der Waals surface area contributed by atoms with Crippen molar-refractivity contribution in [3.8, 4) is 5.75 Å². The van der Waals surface area contributed by atoms with Crippen molar-refractivity contribution in [1.29, 1.82) is 0 Å². The number of benzene rings is 1. The van der Waals surface area contributed by atoms with E-state index in [-0.39, 0.29) is 5.92 Å².